The fraction of sp³-hybridized carbons (Fsp3) is 0.417. The van der Waals surface area contributed by atoms with Crippen LogP contribution in [0.2, 0.25) is 0 Å². The summed E-state index contributed by atoms with van der Waals surface area (Å²) in [7, 11) is 0. The smallest absolute Gasteiger partial charge is 0.494 e. The van der Waals surface area contributed by atoms with E-state index in [0.717, 1.165) is 5.92 Å². The number of hydrogen-bond acceptors (Lipinski definition) is 2. The molecule has 95 valence electrons. The first-order chi connectivity index (χ1) is 7.83. The van der Waals surface area contributed by atoms with Crippen LogP contribution < -0.4 is 9.47 Å². The average Bonchev–Trinajstić information content (AvgIpc) is 2.18. The third kappa shape index (κ3) is 4.17. The first-order valence-electron chi connectivity index (χ1n) is 5.16. The number of benzene rings is 1. The van der Waals surface area contributed by atoms with Crippen LogP contribution in [0.1, 0.15) is 26.3 Å². The van der Waals surface area contributed by atoms with E-state index in [-0.39, 0.29) is 5.75 Å². The summed E-state index contributed by atoms with van der Waals surface area (Å²) in [5, 5.41) is 0. The minimum absolute atomic E-state index is 0.239. The molecule has 0 aromatic heterocycles. The molecule has 0 saturated carbocycles. The Bertz CT molecular complexity index is 373. The van der Waals surface area contributed by atoms with E-state index in [1.165, 1.54) is 18.2 Å². The van der Waals surface area contributed by atoms with Gasteiger partial charge in [-0.15, -0.1) is 13.2 Å². The van der Waals surface area contributed by atoms with E-state index in [9.17, 15) is 13.2 Å². The lowest BCUT2D eigenvalue weighted by Crippen LogP contribution is -2.17. The molecule has 0 aliphatic heterocycles. The van der Waals surface area contributed by atoms with E-state index >= 15 is 0 Å². The van der Waals surface area contributed by atoms with Crippen molar-refractivity contribution in [2.75, 3.05) is 6.61 Å². The summed E-state index contributed by atoms with van der Waals surface area (Å²) in [4.78, 5) is 0. The Balaban J connectivity index is 3.01. The molecule has 0 aliphatic carbocycles. The number of halogens is 3. The van der Waals surface area contributed by atoms with Gasteiger partial charge in [0.15, 0.2) is 0 Å². The molecule has 0 heterocycles. The van der Waals surface area contributed by atoms with E-state index in [2.05, 4.69) is 4.74 Å². The van der Waals surface area contributed by atoms with Crippen LogP contribution in [-0.4, -0.2) is 13.0 Å². The highest BCUT2D eigenvalue weighted by Crippen LogP contribution is 2.32. The van der Waals surface area contributed by atoms with Crippen molar-refractivity contribution in [2.24, 2.45) is 0 Å². The second-order valence-corrected chi connectivity index (χ2v) is 3.64. The zero-order valence-corrected chi connectivity index (χ0v) is 9.89. The van der Waals surface area contributed by atoms with Gasteiger partial charge in [0.2, 0.25) is 0 Å². The second-order valence-electron chi connectivity index (χ2n) is 3.64. The van der Waals surface area contributed by atoms with E-state index in [0.29, 0.717) is 17.9 Å². The van der Waals surface area contributed by atoms with Crippen molar-refractivity contribution >= 4 is 0 Å². The lowest BCUT2D eigenvalue weighted by molar-refractivity contribution is -0.274. The van der Waals surface area contributed by atoms with E-state index in [1.54, 1.807) is 13.8 Å². The van der Waals surface area contributed by atoms with Crippen molar-refractivity contribution in [1.82, 2.24) is 0 Å². The Morgan fingerprint density at radius 2 is 1.88 bits per heavy atom. The molecular weight excluding hydrogens is 233 g/mol. The van der Waals surface area contributed by atoms with Gasteiger partial charge in [0.25, 0.3) is 0 Å². The molecule has 0 fully saturated rings. The zero-order chi connectivity index (χ0) is 13.1. The Labute approximate surface area is 98.3 Å². The second kappa shape index (κ2) is 5.29. The molecule has 0 atom stereocenters. The summed E-state index contributed by atoms with van der Waals surface area (Å²) in [6.45, 7) is 5.87. The summed E-state index contributed by atoms with van der Waals surface area (Å²) >= 11 is 0. The molecule has 0 unspecified atom stereocenters. The van der Waals surface area contributed by atoms with E-state index < -0.39 is 6.36 Å². The van der Waals surface area contributed by atoms with Crippen molar-refractivity contribution in [3.8, 4) is 11.5 Å². The highest BCUT2D eigenvalue weighted by atomic mass is 19.4. The minimum atomic E-state index is -4.67. The highest BCUT2D eigenvalue weighted by molar-refractivity contribution is 5.47. The van der Waals surface area contributed by atoms with Crippen LogP contribution in [0.15, 0.2) is 18.2 Å². The van der Waals surface area contributed by atoms with E-state index in [4.69, 9.17) is 4.74 Å². The van der Waals surface area contributed by atoms with Gasteiger partial charge in [-0.1, -0.05) is 13.8 Å². The number of rotatable bonds is 4. The molecule has 0 N–H and O–H groups in total. The topological polar surface area (TPSA) is 18.5 Å². The van der Waals surface area contributed by atoms with Gasteiger partial charge >= 0.3 is 6.36 Å². The Hall–Kier alpha value is -1.39. The monoisotopic (exact) mass is 247 g/mol. The van der Waals surface area contributed by atoms with Crippen LogP contribution in [0.5, 0.6) is 11.5 Å². The van der Waals surface area contributed by atoms with Crippen LogP contribution in [0.3, 0.4) is 0 Å². The SMILES string of the molecule is CCOc1ccc(OC(F)(F)F)cc1[C](C)C. The van der Waals surface area contributed by atoms with Crippen molar-refractivity contribution < 1.29 is 22.6 Å². The molecule has 1 aromatic carbocycles. The first-order valence-corrected chi connectivity index (χ1v) is 5.16. The Morgan fingerprint density at radius 1 is 1.24 bits per heavy atom. The molecule has 0 amide bonds. The fourth-order valence-corrected chi connectivity index (χ4v) is 1.38. The predicted octanol–water partition coefficient (Wildman–Crippen LogP) is 3.95. The summed E-state index contributed by atoms with van der Waals surface area (Å²) in [5.74, 6) is 1.18. The zero-order valence-electron chi connectivity index (χ0n) is 9.89. The quantitative estimate of drug-likeness (QED) is 0.802. The van der Waals surface area contributed by atoms with Crippen LogP contribution >= 0.6 is 0 Å². The van der Waals surface area contributed by atoms with Crippen LogP contribution in [0, 0.1) is 5.92 Å². The van der Waals surface area contributed by atoms with Gasteiger partial charge in [-0.3, -0.25) is 0 Å². The third-order valence-electron chi connectivity index (χ3n) is 2.02. The Kier molecular flexibility index (Phi) is 4.26. The molecule has 2 nitrogen and oxygen atoms in total. The highest BCUT2D eigenvalue weighted by Gasteiger charge is 2.31. The maximum absolute atomic E-state index is 12.1. The van der Waals surface area contributed by atoms with E-state index in [1.807, 2.05) is 6.92 Å². The molecule has 0 bridgehead atoms. The molecule has 0 saturated heterocycles. The van der Waals surface area contributed by atoms with Gasteiger partial charge in [0.05, 0.1) is 6.61 Å². The molecule has 1 radical (unpaired) electrons. The van der Waals surface area contributed by atoms with Crippen molar-refractivity contribution in [2.45, 2.75) is 27.1 Å². The van der Waals surface area contributed by atoms with Gasteiger partial charge < -0.3 is 9.47 Å². The molecular formula is C12H14F3O2. The third-order valence-corrected chi connectivity index (χ3v) is 2.02. The Morgan fingerprint density at radius 3 is 2.35 bits per heavy atom. The van der Waals surface area contributed by atoms with Crippen LogP contribution in [0.25, 0.3) is 0 Å². The van der Waals surface area contributed by atoms with Crippen LogP contribution in [0.4, 0.5) is 13.2 Å². The van der Waals surface area contributed by atoms with Gasteiger partial charge in [-0.25, -0.2) is 0 Å². The lowest BCUT2D eigenvalue weighted by Gasteiger charge is -2.15. The summed E-state index contributed by atoms with van der Waals surface area (Å²) in [5.41, 5.74) is 0.619. The van der Waals surface area contributed by atoms with Gasteiger partial charge in [-0.2, -0.15) is 0 Å². The number of alkyl halides is 3. The van der Waals surface area contributed by atoms with Gasteiger partial charge in [0.1, 0.15) is 11.5 Å². The fourth-order valence-electron chi connectivity index (χ4n) is 1.38. The molecule has 0 aliphatic rings. The van der Waals surface area contributed by atoms with Gasteiger partial charge in [-0.05, 0) is 25.1 Å². The molecule has 1 aromatic rings. The average molecular weight is 247 g/mol. The van der Waals surface area contributed by atoms with Crippen molar-refractivity contribution in [1.29, 1.82) is 0 Å². The summed E-state index contributed by atoms with van der Waals surface area (Å²) in [6.07, 6.45) is -4.67. The minimum Gasteiger partial charge on any atom is -0.494 e. The molecule has 0 spiro atoms. The normalized spacial score (nSPS) is 11.7. The predicted molar refractivity (Wildman–Crippen MR) is 58.0 cm³/mol. The van der Waals surface area contributed by atoms with Crippen molar-refractivity contribution in [3.05, 3.63) is 29.7 Å². The molecule has 17 heavy (non-hydrogen) atoms. The summed E-state index contributed by atoms with van der Waals surface area (Å²) in [6, 6.07) is 4.05. The van der Waals surface area contributed by atoms with Crippen LogP contribution in [-0.2, 0) is 0 Å². The lowest BCUT2D eigenvalue weighted by atomic mass is 10.0. The first kappa shape index (κ1) is 13.7. The van der Waals surface area contributed by atoms with Crippen molar-refractivity contribution in [3.63, 3.8) is 0 Å². The number of hydrogen-bond donors (Lipinski definition) is 0. The molecule has 1 rings (SSSR count). The standard InChI is InChI=1S/C12H14F3O2/c1-4-16-11-6-5-9(17-12(13,14)15)7-10(11)8(2)3/h5-7H,4H2,1-3H3. The summed E-state index contributed by atoms with van der Waals surface area (Å²) < 4.78 is 45.4. The van der Waals surface area contributed by atoms with Gasteiger partial charge in [0, 0.05) is 11.5 Å². The maximum Gasteiger partial charge on any atom is 0.573 e. The molecule has 5 heteroatoms. The maximum atomic E-state index is 12.1. The largest absolute Gasteiger partial charge is 0.573 e. The number of ether oxygens (including phenoxy) is 2.